The number of ether oxygens (including phenoxy) is 1. The Kier molecular flexibility index (Phi) is 5.05. The van der Waals surface area contributed by atoms with Crippen LogP contribution >= 0.6 is 0 Å². The van der Waals surface area contributed by atoms with Gasteiger partial charge in [0, 0.05) is 25.5 Å². The maximum absolute atomic E-state index is 13.6. The zero-order valence-electron chi connectivity index (χ0n) is 10.8. The van der Waals surface area contributed by atoms with E-state index in [1.54, 1.807) is 0 Å². The zero-order chi connectivity index (χ0) is 17.0. The van der Waals surface area contributed by atoms with Gasteiger partial charge in [-0.3, -0.25) is 5.32 Å². The van der Waals surface area contributed by atoms with Crippen LogP contribution in [0.4, 0.5) is 19.3 Å². The first kappa shape index (κ1) is 16.6. The Bertz CT molecular complexity index is 904. The molecule has 120 valence electrons. The molecule has 23 heavy (non-hydrogen) atoms. The molecule has 1 N–H and O–H groups in total. The lowest BCUT2D eigenvalue weighted by Crippen LogP contribution is -2.25. The van der Waals surface area contributed by atoms with Crippen molar-refractivity contribution in [2.75, 3.05) is 0 Å². The van der Waals surface area contributed by atoms with E-state index < -0.39 is 42.2 Å². The van der Waals surface area contributed by atoms with Crippen LogP contribution in [0.2, 0.25) is 0 Å². The lowest BCUT2D eigenvalue weighted by Gasteiger charge is -2.07. The quantitative estimate of drug-likeness (QED) is 0.502. The third kappa shape index (κ3) is 4.12. The molecule has 0 aromatic heterocycles. The van der Waals surface area contributed by atoms with Crippen LogP contribution in [0.5, 0.6) is 5.75 Å². The predicted molar refractivity (Wildman–Crippen MR) is 77.2 cm³/mol. The molecule has 0 fully saturated rings. The summed E-state index contributed by atoms with van der Waals surface area (Å²) in [6.07, 6.45) is -1.27. The number of hydrogen-bond acceptors (Lipinski definition) is 6. The first-order valence-electron chi connectivity index (χ1n) is 5.51. The van der Waals surface area contributed by atoms with Gasteiger partial charge in [-0.1, -0.05) is 5.11 Å². The third-order valence-corrected chi connectivity index (χ3v) is 4.82. The van der Waals surface area contributed by atoms with Gasteiger partial charge in [-0.25, -0.2) is 18.6 Å². The van der Waals surface area contributed by atoms with Gasteiger partial charge < -0.3 is 4.74 Å². The molecule has 1 aliphatic rings. The highest BCUT2D eigenvalue weighted by Gasteiger charge is 2.18. The van der Waals surface area contributed by atoms with Crippen LogP contribution in [-0.4, -0.2) is 20.1 Å². The van der Waals surface area contributed by atoms with Crippen molar-refractivity contribution in [3.63, 3.8) is 0 Å². The molecule has 1 atom stereocenters. The largest absolute Gasteiger partial charge is 0.418 e. The standard InChI is InChI=1S/C10H5F2N5O4S2/c11-6-1-5(16-17-13)2-7(12)9(6)21-10(18)15-8-3-22(4-14-8)23(19)20/h1-4H,(H,15,18). The molecular formula is C10H5F2N5O4S2. The first-order chi connectivity index (χ1) is 10.9. The van der Waals surface area contributed by atoms with E-state index in [1.165, 1.54) is 0 Å². The van der Waals surface area contributed by atoms with Crippen molar-refractivity contribution in [1.29, 1.82) is 0 Å². The molecule has 1 aromatic rings. The van der Waals surface area contributed by atoms with Crippen molar-refractivity contribution in [2.45, 2.75) is 0 Å². The van der Waals surface area contributed by atoms with Gasteiger partial charge >= 0.3 is 6.09 Å². The number of nitrogens with one attached hydrogen (secondary N) is 1. The summed E-state index contributed by atoms with van der Waals surface area (Å²) in [6.45, 7) is 0. The van der Waals surface area contributed by atoms with Crippen LogP contribution in [0, 0.1) is 11.6 Å². The highest BCUT2D eigenvalue weighted by Crippen LogP contribution is 2.27. The maximum atomic E-state index is 13.6. The Morgan fingerprint density at radius 1 is 1.39 bits per heavy atom. The average molecular weight is 361 g/mol. The van der Waals surface area contributed by atoms with Crippen molar-refractivity contribution in [1.82, 2.24) is 5.32 Å². The van der Waals surface area contributed by atoms with Crippen LogP contribution in [0.25, 0.3) is 10.4 Å². The monoisotopic (exact) mass is 361 g/mol. The number of benzene rings is 1. The summed E-state index contributed by atoms with van der Waals surface area (Å²) < 4.78 is 53.1. The van der Waals surface area contributed by atoms with Gasteiger partial charge in [-0.2, -0.15) is 8.42 Å². The van der Waals surface area contributed by atoms with E-state index in [9.17, 15) is 22.0 Å². The number of hydrogen-bond donors (Lipinski definition) is 1. The molecule has 0 radical (unpaired) electrons. The lowest BCUT2D eigenvalue weighted by molar-refractivity contribution is 0.199. The van der Waals surface area contributed by atoms with E-state index >= 15 is 0 Å². The summed E-state index contributed by atoms with van der Waals surface area (Å²) in [5.74, 6) is -3.65. The molecule has 1 aromatic carbocycles. The van der Waals surface area contributed by atoms with Crippen LogP contribution in [0.1, 0.15) is 0 Å². The van der Waals surface area contributed by atoms with E-state index in [0.29, 0.717) is 12.1 Å². The van der Waals surface area contributed by atoms with Gasteiger partial charge in [-0.05, 0) is 17.7 Å². The van der Waals surface area contributed by atoms with Gasteiger partial charge in [0.05, 0.1) is 5.55 Å². The van der Waals surface area contributed by atoms with E-state index in [4.69, 9.17) is 5.53 Å². The van der Waals surface area contributed by atoms with Crippen molar-refractivity contribution < 1.29 is 26.7 Å². The fraction of sp³-hybridized carbons (Fsp3) is 0. The summed E-state index contributed by atoms with van der Waals surface area (Å²) >= 11 is 0. The van der Waals surface area contributed by atoms with E-state index in [2.05, 4.69) is 19.8 Å². The lowest BCUT2D eigenvalue weighted by atomic mass is 10.3. The van der Waals surface area contributed by atoms with Gasteiger partial charge in [0.1, 0.15) is 5.82 Å². The number of aliphatic imine (C=N–C) groups is 1. The molecule has 13 heteroatoms. The normalized spacial score (nSPS) is 15.6. The summed E-state index contributed by atoms with van der Waals surface area (Å²) in [6, 6.07) is 1.35. The minimum Gasteiger partial charge on any atom is -0.404 e. The van der Waals surface area contributed by atoms with Gasteiger partial charge in [-0.15, -0.1) is 0 Å². The van der Waals surface area contributed by atoms with Crippen molar-refractivity contribution in [2.24, 2.45) is 10.1 Å². The van der Waals surface area contributed by atoms with Crippen molar-refractivity contribution in [3.05, 3.63) is 45.4 Å². The molecule has 0 saturated carbocycles. The van der Waals surface area contributed by atoms with Gasteiger partial charge in [0.25, 0.3) is 0 Å². The Balaban J connectivity index is 2.16. The number of halogens is 2. The molecule has 0 saturated heterocycles. The van der Waals surface area contributed by atoms with Crippen molar-refractivity contribution in [3.8, 4) is 5.75 Å². The van der Waals surface area contributed by atoms with Crippen molar-refractivity contribution >= 4 is 36.0 Å². The van der Waals surface area contributed by atoms with Crippen LogP contribution in [-0.2, 0) is 18.7 Å². The first-order valence-corrected chi connectivity index (χ1v) is 8.45. The van der Waals surface area contributed by atoms with E-state index in [-0.39, 0.29) is 11.5 Å². The fourth-order valence-electron chi connectivity index (χ4n) is 1.39. The molecule has 1 amide bonds. The molecule has 0 aliphatic carbocycles. The molecule has 1 heterocycles. The highest BCUT2D eigenvalue weighted by atomic mass is 32.9. The SMILES string of the molecule is [N-]=[N+]=Nc1cc(F)c(OC(=O)NC2=CS(=S(=O)=O)C=N2)c(F)c1. The van der Waals surface area contributed by atoms with Crippen LogP contribution in [0.15, 0.2) is 33.5 Å². The number of azide groups is 1. The fourth-order valence-corrected chi connectivity index (χ4v) is 3.01. The molecule has 2 rings (SSSR count). The van der Waals surface area contributed by atoms with E-state index in [1.807, 2.05) is 5.32 Å². The smallest absolute Gasteiger partial charge is 0.404 e. The minimum atomic E-state index is -2.43. The number of rotatable bonds is 3. The number of amides is 1. The molecule has 1 unspecified atom stereocenters. The number of carbonyl (C=O) groups is 1. The van der Waals surface area contributed by atoms with Crippen LogP contribution in [0.3, 0.4) is 0 Å². The molecule has 0 bridgehead atoms. The van der Waals surface area contributed by atoms with Gasteiger partial charge in [0.15, 0.2) is 11.6 Å². The summed E-state index contributed by atoms with van der Waals surface area (Å²) in [7, 11) is -3.71. The number of nitrogens with zero attached hydrogens (tertiary/aromatic N) is 4. The zero-order valence-corrected chi connectivity index (χ0v) is 12.4. The van der Waals surface area contributed by atoms with Gasteiger partial charge in [0.2, 0.25) is 15.0 Å². The minimum absolute atomic E-state index is 0.131. The Hall–Kier alpha value is -2.76. The molecule has 9 nitrogen and oxygen atoms in total. The molecule has 1 aliphatic heterocycles. The Morgan fingerprint density at radius 2 is 2.04 bits per heavy atom. The predicted octanol–water partition coefficient (Wildman–Crippen LogP) is 2.25. The summed E-state index contributed by atoms with van der Waals surface area (Å²) in [5, 5.41) is 6.17. The topological polar surface area (TPSA) is 134 Å². The second-order valence-corrected chi connectivity index (χ2v) is 7.20. The maximum Gasteiger partial charge on any atom is 0.418 e. The summed E-state index contributed by atoms with van der Waals surface area (Å²) in [5.41, 5.74) is 8.94. The second-order valence-electron chi connectivity index (χ2n) is 3.71. The van der Waals surface area contributed by atoms with Crippen LogP contribution < -0.4 is 10.1 Å². The summed E-state index contributed by atoms with van der Waals surface area (Å²) in [4.78, 5) is 17.5. The molecule has 0 spiro atoms. The Labute approximate surface area is 130 Å². The average Bonchev–Trinajstić information content (AvgIpc) is 2.92. The second kappa shape index (κ2) is 7.00. The highest BCUT2D eigenvalue weighted by molar-refractivity contribution is 8.42. The third-order valence-electron chi connectivity index (χ3n) is 2.25. The number of carbonyl (C=O) groups excluding carboxylic acids is 1. The van der Waals surface area contributed by atoms with E-state index in [0.717, 1.165) is 11.0 Å². The molecular weight excluding hydrogens is 356 g/mol. The Morgan fingerprint density at radius 3 is 2.57 bits per heavy atom.